The Morgan fingerprint density at radius 3 is 2.48 bits per heavy atom. The topological polar surface area (TPSA) is 65.8 Å². The quantitative estimate of drug-likeness (QED) is 0.598. The molecule has 1 saturated carbocycles. The summed E-state index contributed by atoms with van der Waals surface area (Å²) in [5, 5.41) is 10.1. The maximum Gasteiger partial charge on any atom is 0.274 e. The van der Waals surface area contributed by atoms with Crippen LogP contribution in [0.5, 0.6) is 5.75 Å². The van der Waals surface area contributed by atoms with Gasteiger partial charge in [0.2, 0.25) is 5.43 Å². The lowest BCUT2D eigenvalue weighted by atomic mass is 10.2. The van der Waals surface area contributed by atoms with Gasteiger partial charge in [-0.3, -0.25) is 9.59 Å². The first kappa shape index (κ1) is 14.8. The van der Waals surface area contributed by atoms with E-state index in [2.05, 4.69) is 26.0 Å². The van der Waals surface area contributed by atoms with E-state index >= 15 is 0 Å². The number of aromatic nitrogens is 1. The van der Waals surface area contributed by atoms with Crippen molar-refractivity contribution in [2.75, 3.05) is 26.2 Å². The average Bonchev–Trinajstić information content (AvgIpc) is 3.27. The van der Waals surface area contributed by atoms with E-state index in [1.54, 1.807) is 4.90 Å². The van der Waals surface area contributed by atoms with Crippen molar-refractivity contribution in [3.8, 4) is 5.75 Å². The second-order valence-corrected chi connectivity index (χ2v) is 7.01. The average molecular weight is 403 g/mol. The maximum atomic E-state index is 12.8. The highest BCUT2D eigenvalue weighted by atomic mass is 127. The monoisotopic (exact) mass is 403 g/mol. The van der Waals surface area contributed by atoms with Crippen LogP contribution in [0.4, 0.5) is 0 Å². The van der Waals surface area contributed by atoms with Crippen molar-refractivity contribution in [1.29, 1.82) is 0 Å². The highest BCUT2D eigenvalue weighted by Gasteiger charge is 2.33. The molecular formula is C14H18IN3O3. The normalized spacial score (nSPS) is 19.8. The molecule has 0 unspecified atom stereocenters. The molecule has 2 aliphatic rings. The number of piperazine rings is 1. The number of rotatable bonds is 2. The fourth-order valence-electron chi connectivity index (χ4n) is 2.78. The molecule has 0 atom stereocenters. The third-order valence-corrected chi connectivity index (χ3v) is 5.01. The van der Waals surface area contributed by atoms with Crippen molar-refractivity contribution < 1.29 is 9.90 Å². The number of amides is 1. The van der Waals surface area contributed by atoms with Gasteiger partial charge in [-0.05, 0) is 19.8 Å². The highest BCUT2D eigenvalue weighted by Crippen LogP contribution is 2.38. The van der Waals surface area contributed by atoms with Crippen LogP contribution in [0.1, 0.15) is 35.1 Å². The number of pyridine rings is 1. The summed E-state index contributed by atoms with van der Waals surface area (Å²) in [7, 11) is 0. The van der Waals surface area contributed by atoms with Gasteiger partial charge in [0.05, 0.1) is 0 Å². The lowest BCUT2D eigenvalue weighted by Crippen LogP contribution is -2.46. The van der Waals surface area contributed by atoms with E-state index in [1.165, 1.54) is 6.07 Å². The molecule has 2 heterocycles. The van der Waals surface area contributed by atoms with Crippen LogP contribution >= 0.6 is 22.9 Å². The van der Waals surface area contributed by atoms with Crippen molar-refractivity contribution in [2.45, 2.75) is 25.8 Å². The molecule has 0 radical (unpaired) electrons. The van der Waals surface area contributed by atoms with Crippen LogP contribution in [0.2, 0.25) is 0 Å². The third-order valence-electron chi connectivity index (χ3n) is 4.05. The fraction of sp³-hybridized carbons (Fsp3) is 0.571. The van der Waals surface area contributed by atoms with Crippen molar-refractivity contribution in [2.24, 2.45) is 0 Å². The number of hydrogen-bond donors (Lipinski definition) is 1. The van der Waals surface area contributed by atoms with Gasteiger partial charge in [0, 0.05) is 66.8 Å². The first-order valence-corrected chi connectivity index (χ1v) is 8.10. The number of carbonyl (C=O) groups excluding carboxylic acids is 1. The van der Waals surface area contributed by atoms with E-state index in [1.807, 2.05) is 11.5 Å². The third kappa shape index (κ3) is 2.80. The maximum absolute atomic E-state index is 12.8. The standard InChI is InChI=1S/C14H18IN3O3/c1-9-8-11(19)13(20)12(18(9)10-2-3-10)14(21)16-4-6-17(15)7-5-16/h8,10,20H,2-7H2,1H3. The fourth-order valence-corrected chi connectivity index (χ4v) is 3.21. The van der Waals surface area contributed by atoms with Gasteiger partial charge in [-0.1, -0.05) is 0 Å². The van der Waals surface area contributed by atoms with Crippen LogP contribution in [-0.2, 0) is 0 Å². The summed E-state index contributed by atoms with van der Waals surface area (Å²) in [4.78, 5) is 26.3. The minimum absolute atomic E-state index is 0.171. The lowest BCUT2D eigenvalue weighted by molar-refractivity contribution is 0.0694. The second kappa shape index (κ2) is 5.60. The number of nitrogens with zero attached hydrogens (tertiary/aromatic N) is 3. The highest BCUT2D eigenvalue weighted by molar-refractivity contribution is 14.1. The summed E-state index contributed by atoms with van der Waals surface area (Å²) in [6.07, 6.45) is 1.98. The van der Waals surface area contributed by atoms with Crippen LogP contribution in [0.15, 0.2) is 10.9 Å². The SMILES string of the molecule is Cc1cc(=O)c(O)c(C(=O)N2CCN(I)CC2)n1C1CC1. The molecule has 0 aromatic carbocycles. The van der Waals surface area contributed by atoms with Crippen molar-refractivity contribution in [3.63, 3.8) is 0 Å². The van der Waals surface area contributed by atoms with E-state index in [0.29, 0.717) is 13.1 Å². The van der Waals surface area contributed by atoms with Crippen molar-refractivity contribution in [1.82, 2.24) is 12.6 Å². The molecule has 1 N–H and O–H groups in total. The summed E-state index contributed by atoms with van der Waals surface area (Å²) in [6, 6.07) is 1.65. The van der Waals surface area contributed by atoms with Gasteiger partial charge in [-0.2, -0.15) is 0 Å². The Bertz CT molecular complexity index is 631. The van der Waals surface area contributed by atoms with Gasteiger partial charge in [0.25, 0.3) is 5.91 Å². The van der Waals surface area contributed by atoms with E-state index < -0.39 is 11.2 Å². The number of halogens is 1. The number of hydrogen-bond acceptors (Lipinski definition) is 4. The van der Waals surface area contributed by atoms with Crippen LogP contribution in [0, 0.1) is 6.92 Å². The molecular weight excluding hydrogens is 385 g/mol. The van der Waals surface area contributed by atoms with Gasteiger partial charge in [0.15, 0.2) is 11.4 Å². The molecule has 0 bridgehead atoms. The molecule has 0 spiro atoms. The van der Waals surface area contributed by atoms with Crippen molar-refractivity contribution in [3.05, 3.63) is 27.7 Å². The van der Waals surface area contributed by atoms with Gasteiger partial charge in [-0.15, -0.1) is 0 Å². The number of aryl methyl sites for hydroxylation is 1. The summed E-state index contributed by atoms with van der Waals surface area (Å²) in [5.74, 6) is -0.640. The zero-order chi connectivity index (χ0) is 15.1. The van der Waals surface area contributed by atoms with Crippen LogP contribution < -0.4 is 5.43 Å². The van der Waals surface area contributed by atoms with E-state index in [9.17, 15) is 14.7 Å². The van der Waals surface area contributed by atoms with Gasteiger partial charge >= 0.3 is 0 Å². The van der Waals surface area contributed by atoms with E-state index in [0.717, 1.165) is 31.6 Å². The van der Waals surface area contributed by atoms with Gasteiger partial charge < -0.3 is 14.6 Å². The molecule has 2 fully saturated rings. The molecule has 6 nitrogen and oxygen atoms in total. The minimum Gasteiger partial charge on any atom is -0.503 e. The van der Waals surface area contributed by atoms with Gasteiger partial charge in [0.1, 0.15) is 0 Å². The molecule has 7 heteroatoms. The van der Waals surface area contributed by atoms with Crippen LogP contribution in [0.3, 0.4) is 0 Å². The molecule has 1 aromatic rings. The first-order valence-electron chi connectivity index (χ1n) is 7.14. The summed E-state index contributed by atoms with van der Waals surface area (Å²) < 4.78 is 3.97. The van der Waals surface area contributed by atoms with E-state index in [4.69, 9.17) is 0 Å². The number of carbonyl (C=O) groups is 1. The number of aromatic hydroxyl groups is 1. The Morgan fingerprint density at radius 1 is 1.29 bits per heavy atom. The Hall–Kier alpha value is -1.09. The molecule has 1 aromatic heterocycles. The van der Waals surface area contributed by atoms with Crippen molar-refractivity contribution >= 4 is 28.8 Å². The van der Waals surface area contributed by atoms with E-state index in [-0.39, 0.29) is 17.6 Å². The summed E-state index contributed by atoms with van der Waals surface area (Å²) in [5.41, 5.74) is 0.445. The Labute approximate surface area is 136 Å². The summed E-state index contributed by atoms with van der Waals surface area (Å²) in [6.45, 7) is 4.65. The molecule has 1 amide bonds. The smallest absolute Gasteiger partial charge is 0.274 e. The predicted octanol–water partition coefficient (Wildman–Crippen LogP) is 1.31. The molecule has 1 aliphatic carbocycles. The first-order chi connectivity index (χ1) is 9.99. The lowest BCUT2D eigenvalue weighted by Gasteiger charge is -2.32. The van der Waals surface area contributed by atoms with Crippen LogP contribution in [0.25, 0.3) is 0 Å². The Kier molecular flexibility index (Phi) is 3.96. The Morgan fingerprint density at radius 2 is 1.90 bits per heavy atom. The zero-order valence-electron chi connectivity index (χ0n) is 11.9. The molecule has 114 valence electrons. The molecule has 1 aliphatic heterocycles. The Balaban J connectivity index is 2.00. The van der Waals surface area contributed by atoms with Gasteiger partial charge in [-0.25, -0.2) is 3.11 Å². The zero-order valence-corrected chi connectivity index (χ0v) is 14.0. The minimum atomic E-state index is -0.472. The predicted molar refractivity (Wildman–Crippen MR) is 86.9 cm³/mol. The summed E-state index contributed by atoms with van der Waals surface area (Å²) >= 11 is 2.24. The largest absolute Gasteiger partial charge is 0.503 e. The van der Waals surface area contributed by atoms with Crippen LogP contribution in [-0.4, -0.2) is 49.8 Å². The molecule has 3 rings (SSSR count). The second-order valence-electron chi connectivity index (χ2n) is 5.65. The molecule has 21 heavy (non-hydrogen) atoms. The molecule has 1 saturated heterocycles.